The number of ether oxygens (including phenoxy) is 2. The van der Waals surface area contributed by atoms with Crippen molar-refractivity contribution in [2.75, 3.05) is 6.54 Å². The van der Waals surface area contributed by atoms with Crippen LogP contribution in [-0.2, 0) is 47.2 Å². The molecule has 5 atom stereocenters. The van der Waals surface area contributed by atoms with E-state index < -0.39 is 75.4 Å². The van der Waals surface area contributed by atoms with Crippen LogP contribution in [0.2, 0.25) is 0 Å². The van der Waals surface area contributed by atoms with Crippen molar-refractivity contribution in [3.8, 4) is 0 Å². The number of carbonyl (C=O) groups is 5. The second kappa shape index (κ2) is 15.7. The molecule has 1 aromatic rings. The van der Waals surface area contributed by atoms with Gasteiger partial charge >= 0.3 is 22.4 Å². The molecule has 0 bridgehead atoms. The minimum atomic E-state index is -4.22. The van der Waals surface area contributed by atoms with Crippen LogP contribution in [0.15, 0.2) is 36.4 Å². The molecule has 16 heteroatoms. The smallest absolute Gasteiger partial charge is 0.410 e. The third kappa shape index (κ3) is 9.50. The summed E-state index contributed by atoms with van der Waals surface area (Å²) >= 11 is 0. The fourth-order valence-electron chi connectivity index (χ4n) is 7.80. The maximum absolute atomic E-state index is 14.4. The summed E-state index contributed by atoms with van der Waals surface area (Å²) in [5.41, 5.74) is -0.381. The first kappa shape index (κ1) is 38.5. The van der Waals surface area contributed by atoms with Crippen LogP contribution in [0, 0.1) is 5.92 Å². The van der Waals surface area contributed by atoms with Crippen LogP contribution in [0.25, 0.3) is 0 Å². The van der Waals surface area contributed by atoms with Crippen molar-refractivity contribution in [1.29, 1.82) is 0 Å². The Bertz CT molecular complexity index is 1700. The molecule has 5 aliphatic rings. The van der Waals surface area contributed by atoms with Gasteiger partial charge in [0.2, 0.25) is 11.8 Å². The van der Waals surface area contributed by atoms with Gasteiger partial charge in [0.1, 0.15) is 29.3 Å². The fraction of sp³-hybridized carbons (Fsp3) is 0.649. The molecule has 1 saturated heterocycles. The molecule has 290 valence electrons. The summed E-state index contributed by atoms with van der Waals surface area (Å²) in [6.45, 7) is 5.74. The molecule has 1 aromatic carbocycles. The number of alkyl carbamates (subject to hydrolysis) is 1. The topological polar surface area (TPSA) is 193 Å². The zero-order chi connectivity index (χ0) is 38.0. The molecule has 0 spiro atoms. The number of nitrogens with zero attached hydrogens (tertiary/aromatic N) is 2. The van der Waals surface area contributed by atoms with Crippen molar-refractivity contribution in [2.45, 2.75) is 140 Å². The van der Waals surface area contributed by atoms with Crippen molar-refractivity contribution in [1.82, 2.24) is 29.9 Å². The van der Waals surface area contributed by atoms with Gasteiger partial charge in [-0.05, 0) is 70.4 Å². The van der Waals surface area contributed by atoms with E-state index in [9.17, 15) is 32.4 Å². The molecule has 53 heavy (non-hydrogen) atoms. The van der Waals surface area contributed by atoms with E-state index in [2.05, 4.69) is 20.1 Å². The molecule has 15 nitrogen and oxygen atoms in total. The van der Waals surface area contributed by atoms with Gasteiger partial charge in [0.15, 0.2) is 0 Å². The van der Waals surface area contributed by atoms with Crippen LogP contribution in [0.3, 0.4) is 0 Å². The maximum atomic E-state index is 14.4. The van der Waals surface area contributed by atoms with Crippen molar-refractivity contribution in [3.05, 3.63) is 47.5 Å². The fourth-order valence-corrected chi connectivity index (χ4v) is 8.96. The molecule has 6 rings (SSSR count). The van der Waals surface area contributed by atoms with E-state index in [-0.39, 0.29) is 31.8 Å². The van der Waals surface area contributed by atoms with Gasteiger partial charge in [-0.2, -0.15) is 13.1 Å². The van der Waals surface area contributed by atoms with Crippen LogP contribution < -0.4 is 20.1 Å². The Morgan fingerprint density at radius 1 is 0.962 bits per heavy atom. The van der Waals surface area contributed by atoms with Crippen LogP contribution in [0.5, 0.6) is 0 Å². The van der Waals surface area contributed by atoms with Crippen molar-refractivity contribution in [3.63, 3.8) is 0 Å². The largest absolute Gasteiger partial charge is 0.444 e. The van der Waals surface area contributed by atoms with Gasteiger partial charge in [-0.25, -0.2) is 14.3 Å². The van der Waals surface area contributed by atoms with E-state index >= 15 is 0 Å². The first-order valence-electron chi connectivity index (χ1n) is 18.8. The second-order valence-corrected chi connectivity index (χ2v) is 17.4. The summed E-state index contributed by atoms with van der Waals surface area (Å²) in [5.74, 6) is -2.59. The minimum absolute atomic E-state index is 0.0665. The standard InChI is InChI=1S/C37H52N6O9S/c1-36(2,3)52-34(47)38-29-18-8-6-4-5-7-15-26-20-37(26,33(46)41-53(49,50)40-27-16-11-12-17-27)39-31(44)30-19-28(23-43(30)32(29)45)51-35(48)42-21-24-13-9-10-14-25(24)22-42/h7,9-10,13-15,26-30,40H,4-6,8,11-12,16-23H2,1-3H3,(H,38,47)(H,39,44)(H,41,46)/b15-7-/t26-,28+,29-,30-,37+/m0/s1. The van der Waals surface area contributed by atoms with E-state index in [0.717, 1.165) is 36.8 Å². The number of allylic oxidation sites excluding steroid dienone is 1. The van der Waals surface area contributed by atoms with Crippen LogP contribution in [0.1, 0.15) is 103 Å². The molecule has 5 amide bonds. The van der Waals surface area contributed by atoms with Crippen LogP contribution >= 0.6 is 0 Å². The molecule has 0 aromatic heterocycles. The number of amides is 5. The molecule has 4 N–H and O–H groups in total. The molecule has 3 aliphatic heterocycles. The highest BCUT2D eigenvalue weighted by atomic mass is 32.2. The minimum Gasteiger partial charge on any atom is -0.444 e. The van der Waals surface area contributed by atoms with Gasteiger partial charge < -0.3 is 25.0 Å². The van der Waals surface area contributed by atoms with Crippen molar-refractivity contribution < 1.29 is 41.9 Å². The number of carbonyl (C=O) groups excluding carboxylic acids is 5. The van der Waals surface area contributed by atoms with Gasteiger partial charge in [0, 0.05) is 31.5 Å². The lowest BCUT2D eigenvalue weighted by atomic mass is 10.0. The van der Waals surface area contributed by atoms with Crippen LogP contribution in [0.4, 0.5) is 9.59 Å². The molecule has 0 radical (unpaired) electrons. The van der Waals surface area contributed by atoms with E-state index in [1.807, 2.05) is 36.4 Å². The predicted octanol–water partition coefficient (Wildman–Crippen LogP) is 3.29. The number of rotatable bonds is 6. The van der Waals surface area contributed by atoms with Gasteiger partial charge in [-0.15, -0.1) is 0 Å². The van der Waals surface area contributed by atoms with E-state index in [1.54, 1.807) is 25.7 Å². The highest BCUT2D eigenvalue weighted by Crippen LogP contribution is 2.46. The summed E-state index contributed by atoms with van der Waals surface area (Å²) in [4.78, 5) is 71.6. The van der Waals surface area contributed by atoms with Crippen LogP contribution in [-0.4, -0.2) is 90.0 Å². The van der Waals surface area contributed by atoms with Crippen molar-refractivity contribution >= 4 is 40.1 Å². The quantitative estimate of drug-likeness (QED) is 0.316. The molecule has 2 saturated carbocycles. The Morgan fingerprint density at radius 2 is 1.64 bits per heavy atom. The zero-order valence-electron chi connectivity index (χ0n) is 30.7. The second-order valence-electron chi connectivity index (χ2n) is 15.9. The van der Waals surface area contributed by atoms with Gasteiger partial charge in [-0.3, -0.25) is 19.3 Å². The Labute approximate surface area is 311 Å². The zero-order valence-corrected chi connectivity index (χ0v) is 31.5. The first-order chi connectivity index (χ1) is 25.1. The van der Waals surface area contributed by atoms with E-state index in [4.69, 9.17) is 9.47 Å². The normalized spacial score (nSPS) is 28.7. The number of nitrogens with one attached hydrogen (secondary N) is 4. The average Bonchev–Trinajstić information content (AvgIpc) is 3.49. The van der Waals surface area contributed by atoms with Gasteiger partial charge in [-0.1, -0.05) is 62.1 Å². The van der Waals surface area contributed by atoms with Gasteiger partial charge in [0.25, 0.3) is 5.91 Å². The Kier molecular flexibility index (Phi) is 11.4. The first-order valence-corrected chi connectivity index (χ1v) is 20.3. The summed E-state index contributed by atoms with van der Waals surface area (Å²) in [6.07, 6.45) is 7.80. The summed E-state index contributed by atoms with van der Waals surface area (Å²) in [7, 11) is -4.22. The SMILES string of the molecule is CC(C)(C)OC(=O)N[C@H]1CCCCC/C=C\[C@H]2C[C@@]2(C(=O)NS(=O)(=O)NC2CCCC2)NC(=O)[C@@H]2C[C@@H](OC(=O)N3Cc4ccccc4C3)CN2C1=O. The van der Waals surface area contributed by atoms with E-state index in [0.29, 0.717) is 38.8 Å². The Balaban J connectivity index is 1.24. The third-order valence-corrected chi connectivity index (χ3v) is 11.7. The van der Waals surface area contributed by atoms with Gasteiger partial charge in [0.05, 0.1) is 6.54 Å². The number of hydrogen-bond acceptors (Lipinski definition) is 9. The molecule has 0 unspecified atom stereocenters. The molecular weight excluding hydrogens is 705 g/mol. The lowest BCUT2D eigenvalue weighted by molar-refractivity contribution is -0.141. The Morgan fingerprint density at radius 3 is 2.32 bits per heavy atom. The number of hydrogen-bond donors (Lipinski definition) is 4. The lowest BCUT2D eigenvalue weighted by Gasteiger charge is -2.30. The monoisotopic (exact) mass is 756 g/mol. The summed E-state index contributed by atoms with van der Waals surface area (Å²) in [5, 5.41) is 5.52. The molecule has 3 fully saturated rings. The highest BCUT2D eigenvalue weighted by molar-refractivity contribution is 7.88. The molecule has 3 heterocycles. The van der Waals surface area contributed by atoms with E-state index in [1.165, 1.54) is 4.90 Å². The number of fused-ring (bicyclic) bond motifs is 3. The molecule has 2 aliphatic carbocycles. The molecular formula is C37H52N6O9S. The predicted molar refractivity (Wildman–Crippen MR) is 193 cm³/mol. The summed E-state index contributed by atoms with van der Waals surface area (Å²) in [6, 6.07) is 5.18. The maximum Gasteiger partial charge on any atom is 0.410 e. The number of benzene rings is 1. The van der Waals surface area contributed by atoms with Crippen molar-refractivity contribution in [2.24, 2.45) is 5.92 Å². The third-order valence-electron chi connectivity index (χ3n) is 10.6. The highest BCUT2D eigenvalue weighted by Gasteiger charge is 2.62. The lowest BCUT2D eigenvalue weighted by Crippen LogP contribution is -2.59. The average molecular weight is 757 g/mol. The Hall–Kier alpha value is -4.18. The summed E-state index contributed by atoms with van der Waals surface area (Å²) < 4.78 is 42.1.